The molecule has 1 saturated heterocycles. The van der Waals surface area contributed by atoms with Crippen LogP contribution in [0.3, 0.4) is 0 Å². The molecule has 1 aliphatic heterocycles. The lowest BCUT2D eigenvalue weighted by molar-refractivity contribution is -0.126. The summed E-state index contributed by atoms with van der Waals surface area (Å²) in [6.07, 6.45) is 2.43. The van der Waals surface area contributed by atoms with Gasteiger partial charge in [-0.1, -0.05) is 23.8 Å². The molecule has 8 heteroatoms. The third kappa shape index (κ3) is 6.30. The van der Waals surface area contributed by atoms with Gasteiger partial charge in [0.1, 0.15) is 5.82 Å². The first kappa shape index (κ1) is 23.2. The molecule has 0 aliphatic carbocycles. The molecular weight excluding hydrogens is 434 g/mol. The Labute approximate surface area is 198 Å². The van der Waals surface area contributed by atoms with Crippen molar-refractivity contribution in [3.63, 3.8) is 0 Å². The van der Waals surface area contributed by atoms with Crippen molar-refractivity contribution in [2.75, 3.05) is 31.5 Å². The van der Waals surface area contributed by atoms with Crippen molar-refractivity contribution >= 4 is 29.0 Å². The average Bonchev–Trinajstić information content (AvgIpc) is 3.44. The van der Waals surface area contributed by atoms with Crippen LogP contribution in [0, 0.1) is 19.8 Å². The lowest BCUT2D eigenvalue weighted by Gasteiger charge is -2.30. The molecule has 2 N–H and O–H groups in total. The Bertz CT molecular complexity index is 1070. The van der Waals surface area contributed by atoms with Gasteiger partial charge in [-0.25, -0.2) is 4.68 Å². The second-order valence-electron chi connectivity index (χ2n) is 8.64. The van der Waals surface area contributed by atoms with Crippen molar-refractivity contribution in [2.45, 2.75) is 33.1 Å². The van der Waals surface area contributed by atoms with Gasteiger partial charge in [0.2, 0.25) is 11.8 Å². The van der Waals surface area contributed by atoms with E-state index in [1.807, 2.05) is 50.2 Å². The molecule has 2 aromatic heterocycles. The number of carbonyl (C=O) groups excluding carboxylic acids is 2. The standard InChI is InChI=1S/C25H31N5O2S/c1-18-5-7-21(8-6-18)30-23(16-19(2)28-30)27-24(31)17-29-13-10-20(11-14-29)25(32)26-12-9-22-4-3-15-33-22/h3-8,15-16,20H,9-14,17H2,1-2H3,(H,26,32)(H,27,31). The predicted octanol–water partition coefficient (Wildman–Crippen LogP) is 3.56. The molecule has 1 aliphatic rings. The molecular formula is C25H31N5O2S. The molecule has 0 atom stereocenters. The quantitative estimate of drug-likeness (QED) is 0.533. The van der Waals surface area contributed by atoms with E-state index in [-0.39, 0.29) is 17.7 Å². The van der Waals surface area contributed by atoms with Crippen LogP contribution in [0.2, 0.25) is 0 Å². The van der Waals surface area contributed by atoms with Gasteiger partial charge in [0.15, 0.2) is 0 Å². The topological polar surface area (TPSA) is 79.3 Å². The van der Waals surface area contributed by atoms with Crippen molar-refractivity contribution in [2.24, 2.45) is 5.92 Å². The fourth-order valence-electron chi connectivity index (χ4n) is 4.12. The van der Waals surface area contributed by atoms with Crippen LogP contribution in [0.25, 0.3) is 5.69 Å². The molecule has 1 fully saturated rings. The highest BCUT2D eigenvalue weighted by Gasteiger charge is 2.26. The molecule has 4 rings (SSSR count). The molecule has 2 amide bonds. The highest BCUT2D eigenvalue weighted by Crippen LogP contribution is 2.20. The lowest BCUT2D eigenvalue weighted by Crippen LogP contribution is -2.43. The average molecular weight is 466 g/mol. The first-order valence-electron chi connectivity index (χ1n) is 11.4. The van der Waals surface area contributed by atoms with E-state index in [9.17, 15) is 9.59 Å². The van der Waals surface area contributed by atoms with Crippen LogP contribution in [-0.2, 0) is 16.0 Å². The van der Waals surface area contributed by atoms with E-state index < -0.39 is 0 Å². The Hall–Kier alpha value is -2.97. The number of thiophene rings is 1. The first-order chi connectivity index (χ1) is 16.0. The SMILES string of the molecule is Cc1ccc(-n2nc(C)cc2NC(=O)CN2CCC(C(=O)NCCc3cccs3)CC2)cc1. The van der Waals surface area contributed by atoms with Gasteiger partial charge < -0.3 is 10.6 Å². The van der Waals surface area contributed by atoms with E-state index in [1.165, 1.54) is 10.4 Å². The van der Waals surface area contributed by atoms with Crippen molar-refractivity contribution in [3.8, 4) is 5.69 Å². The fraction of sp³-hybridized carbons (Fsp3) is 0.400. The van der Waals surface area contributed by atoms with Crippen LogP contribution in [0.4, 0.5) is 5.82 Å². The highest BCUT2D eigenvalue weighted by atomic mass is 32.1. The van der Waals surface area contributed by atoms with E-state index in [4.69, 9.17) is 0 Å². The van der Waals surface area contributed by atoms with E-state index in [0.717, 1.165) is 43.7 Å². The van der Waals surface area contributed by atoms with Crippen molar-refractivity contribution in [3.05, 3.63) is 64.0 Å². The number of aryl methyl sites for hydroxylation is 2. The van der Waals surface area contributed by atoms with Crippen LogP contribution >= 0.6 is 11.3 Å². The minimum atomic E-state index is -0.0675. The van der Waals surface area contributed by atoms with E-state index in [1.54, 1.807) is 16.0 Å². The third-order valence-corrected chi connectivity index (χ3v) is 6.89. The maximum Gasteiger partial charge on any atom is 0.239 e. The first-order valence-corrected chi connectivity index (χ1v) is 12.3. The largest absolute Gasteiger partial charge is 0.355 e. The van der Waals surface area contributed by atoms with E-state index in [0.29, 0.717) is 18.9 Å². The summed E-state index contributed by atoms with van der Waals surface area (Å²) in [6.45, 7) is 6.43. The normalized spacial score (nSPS) is 14.8. The van der Waals surface area contributed by atoms with Crippen LogP contribution < -0.4 is 10.6 Å². The Morgan fingerprint density at radius 1 is 1.12 bits per heavy atom. The number of hydrogen-bond donors (Lipinski definition) is 2. The maximum atomic E-state index is 12.7. The van der Waals surface area contributed by atoms with E-state index in [2.05, 4.69) is 32.1 Å². The van der Waals surface area contributed by atoms with Gasteiger partial charge in [-0.2, -0.15) is 5.10 Å². The molecule has 174 valence electrons. The maximum absolute atomic E-state index is 12.7. The molecule has 7 nitrogen and oxygen atoms in total. The Balaban J connectivity index is 1.23. The summed E-state index contributed by atoms with van der Waals surface area (Å²) in [5, 5.41) is 12.7. The van der Waals surface area contributed by atoms with Gasteiger partial charge in [0.25, 0.3) is 0 Å². The third-order valence-electron chi connectivity index (χ3n) is 5.95. The van der Waals surface area contributed by atoms with Crippen LogP contribution in [0.5, 0.6) is 0 Å². The summed E-state index contributed by atoms with van der Waals surface area (Å²) in [5.74, 6) is 0.759. The molecule has 3 aromatic rings. The molecule has 33 heavy (non-hydrogen) atoms. The molecule has 1 aromatic carbocycles. The number of amides is 2. The zero-order valence-electron chi connectivity index (χ0n) is 19.2. The van der Waals surface area contributed by atoms with E-state index >= 15 is 0 Å². The van der Waals surface area contributed by atoms with Gasteiger partial charge in [-0.3, -0.25) is 14.5 Å². The van der Waals surface area contributed by atoms with Crippen LogP contribution in [0.1, 0.15) is 29.0 Å². The predicted molar refractivity (Wildman–Crippen MR) is 132 cm³/mol. The number of nitrogens with zero attached hydrogens (tertiary/aromatic N) is 3. The summed E-state index contributed by atoms with van der Waals surface area (Å²) < 4.78 is 1.76. The number of anilines is 1. The van der Waals surface area contributed by atoms with Crippen molar-refractivity contribution in [1.29, 1.82) is 0 Å². The Morgan fingerprint density at radius 2 is 1.88 bits per heavy atom. The van der Waals surface area contributed by atoms with Crippen LogP contribution in [-0.4, -0.2) is 52.7 Å². The molecule has 0 radical (unpaired) electrons. The highest BCUT2D eigenvalue weighted by molar-refractivity contribution is 7.09. The molecule has 0 spiro atoms. The Morgan fingerprint density at radius 3 is 2.58 bits per heavy atom. The minimum absolute atomic E-state index is 0.0262. The van der Waals surface area contributed by atoms with Gasteiger partial charge in [-0.05, 0) is 69.8 Å². The van der Waals surface area contributed by atoms with Gasteiger partial charge in [0.05, 0.1) is 17.9 Å². The summed E-state index contributed by atoms with van der Waals surface area (Å²) in [5.41, 5.74) is 2.93. The van der Waals surface area contributed by atoms with Crippen molar-refractivity contribution < 1.29 is 9.59 Å². The second-order valence-corrected chi connectivity index (χ2v) is 9.67. The molecule has 0 bridgehead atoms. The monoisotopic (exact) mass is 465 g/mol. The fourth-order valence-corrected chi connectivity index (χ4v) is 4.83. The number of benzene rings is 1. The summed E-state index contributed by atoms with van der Waals surface area (Å²) in [7, 11) is 0. The lowest BCUT2D eigenvalue weighted by atomic mass is 9.96. The molecule has 3 heterocycles. The number of likely N-dealkylation sites (tertiary alicyclic amines) is 1. The summed E-state index contributed by atoms with van der Waals surface area (Å²) >= 11 is 1.72. The number of carbonyl (C=O) groups is 2. The number of piperidine rings is 1. The van der Waals surface area contributed by atoms with Crippen LogP contribution in [0.15, 0.2) is 47.8 Å². The number of hydrogen-bond acceptors (Lipinski definition) is 5. The number of aromatic nitrogens is 2. The van der Waals surface area contributed by atoms with Gasteiger partial charge in [0, 0.05) is 23.4 Å². The Kier molecular flexibility index (Phi) is 7.57. The second kappa shape index (κ2) is 10.8. The number of rotatable bonds is 8. The van der Waals surface area contributed by atoms with Gasteiger partial charge >= 0.3 is 0 Å². The summed E-state index contributed by atoms with van der Waals surface area (Å²) in [4.78, 5) is 28.6. The zero-order valence-corrected chi connectivity index (χ0v) is 20.0. The number of nitrogens with one attached hydrogen (secondary N) is 2. The van der Waals surface area contributed by atoms with Crippen molar-refractivity contribution in [1.82, 2.24) is 20.0 Å². The molecule has 0 saturated carbocycles. The summed E-state index contributed by atoms with van der Waals surface area (Å²) in [6, 6.07) is 14.0. The smallest absolute Gasteiger partial charge is 0.239 e. The van der Waals surface area contributed by atoms with Gasteiger partial charge in [-0.15, -0.1) is 11.3 Å². The zero-order chi connectivity index (χ0) is 23.2. The molecule has 0 unspecified atom stereocenters. The minimum Gasteiger partial charge on any atom is -0.355 e.